The predicted molar refractivity (Wildman–Crippen MR) is 78.6 cm³/mol. The highest BCUT2D eigenvalue weighted by atomic mass is 16.1. The molecule has 106 valence electrons. The van der Waals surface area contributed by atoms with Gasteiger partial charge in [0.15, 0.2) is 0 Å². The Morgan fingerprint density at radius 2 is 2.00 bits per heavy atom. The average molecular weight is 272 g/mol. The van der Waals surface area contributed by atoms with Crippen LogP contribution in [-0.4, -0.2) is 14.3 Å². The lowest BCUT2D eigenvalue weighted by molar-refractivity contribution is 0.328. The zero-order valence-electron chi connectivity index (χ0n) is 11.5. The Morgan fingerprint density at radius 1 is 1.20 bits per heavy atom. The van der Waals surface area contributed by atoms with Gasteiger partial charge in [-0.15, -0.1) is 0 Å². The van der Waals surface area contributed by atoms with Gasteiger partial charge in [0.25, 0.3) is 5.56 Å². The Bertz CT molecular complexity index is 637. The van der Waals surface area contributed by atoms with Gasteiger partial charge in [0.05, 0.1) is 24.0 Å². The van der Waals surface area contributed by atoms with Crippen LogP contribution >= 0.6 is 0 Å². The molecule has 5 nitrogen and oxygen atoms in total. The summed E-state index contributed by atoms with van der Waals surface area (Å²) in [5.74, 6) is 0. The number of hydrogen-bond donors (Lipinski definition) is 1. The van der Waals surface area contributed by atoms with Crippen LogP contribution < -0.4 is 11.3 Å². The molecular formula is C15H20N4O. The molecule has 2 aromatic heterocycles. The van der Waals surface area contributed by atoms with Crippen LogP contribution in [0, 0.1) is 0 Å². The van der Waals surface area contributed by atoms with E-state index >= 15 is 0 Å². The number of nitrogens with two attached hydrogens (primary N) is 1. The van der Waals surface area contributed by atoms with Crippen molar-refractivity contribution in [2.75, 3.05) is 5.73 Å². The summed E-state index contributed by atoms with van der Waals surface area (Å²) < 4.78 is 3.66. The molecule has 0 amide bonds. The first-order chi connectivity index (χ1) is 9.74. The van der Waals surface area contributed by atoms with Crippen LogP contribution in [0.4, 0.5) is 5.69 Å². The summed E-state index contributed by atoms with van der Waals surface area (Å²) in [6, 6.07) is 5.92. The van der Waals surface area contributed by atoms with E-state index < -0.39 is 0 Å². The van der Waals surface area contributed by atoms with E-state index in [1.54, 1.807) is 22.9 Å². The van der Waals surface area contributed by atoms with Gasteiger partial charge >= 0.3 is 0 Å². The van der Waals surface area contributed by atoms with Gasteiger partial charge in [-0.25, -0.2) is 0 Å². The van der Waals surface area contributed by atoms with Crippen molar-refractivity contribution in [2.24, 2.45) is 0 Å². The standard InChI is InChI=1S/C15H20N4O/c16-14-7-4-9-18(15(14)20)11-12-8-10-19(17-12)13-5-2-1-3-6-13/h4,7-10,13H,1-3,5-6,11,16H2. The first-order valence-corrected chi connectivity index (χ1v) is 7.23. The lowest BCUT2D eigenvalue weighted by Crippen LogP contribution is -2.22. The van der Waals surface area contributed by atoms with Gasteiger partial charge in [-0.1, -0.05) is 19.3 Å². The van der Waals surface area contributed by atoms with Crippen LogP contribution in [0.2, 0.25) is 0 Å². The van der Waals surface area contributed by atoms with Gasteiger partial charge in [0.1, 0.15) is 0 Å². The maximum atomic E-state index is 11.9. The summed E-state index contributed by atoms with van der Waals surface area (Å²) in [5.41, 5.74) is 6.67. The maximum Gasteiger partial charge on any atom is 0.274 e. The Labute approximate surface area is 118 Å². The molecule has 2 heterocycles. The fourth-order valence-corrected chi connectivity index (χ4v) is 2.87. The van der Waals surface area contributed by atoms with Gasteiger partial charge in [-0.05, 0) is 31.0 Å². The van der Waals surface area contributed by atoms with E-state index in [1.165, 1.54) is 32.1 Å². The second-order valence-electron chi connectivity index (χ2n) is 5.48. The van der Waals surface area contributed by atoms with Gasteiger partial charge in [-0.2, -0.15) is 5.10 Å². The van der Waals surface area contributed by atoms with E-state index in [1.807, 2.05) is 12.3 Å². The highest BCUT2D eigenvalue weighted by Crippen LogP contribution is 2.27. The molecule has 20 heavy (non-hydrogen) atoms. The highest BCUT2D eigenvalue weighted by molar-refractivity contribution is 5.33. The number of aromatic nitrogens is 3. The fraction of sp³-hybridized carbons (Fsp3) is 0.467. The predicted octanol–water partition coefficient (Wildman–Crippen LogP) is 2.18. The van der Waals surface area contributed by atoms with Gasteiger partial charge in [0.2, 0.25) is 0 Å². The summed E-state index contributed by atoms with van der Waals surface area (Å²) in [6.45, 7) is 0.476. The van der Waals surface area contributed by atoms with Crippen molar-refractivity contribution in [2.45, 2.75) is 44.7 Å². The van der Waals surface area contributed by atoms with Crippen molar-refractivity contribution < 1.29 is 0 Å². The molecule has 0 aromatic carbocycles. The molecule has 1 fully saturated rings. The van der Waals surface area contributed by atoms with Crippen molar-refractivity contribution in [1.29, 1.82) is 0 Å². The first kappa shape index (κ1) is 13.0. The minimum atomic E-state index is -0.153. The molecular weight excluding hydrogens is 252 g/mol. The van der Waals surface area contributed by atoms with Crippen LogP contribution in [-0.2, 0) is 6.54 Å². The third-order valence-electron chi connectivity index (χ3n) is 3.99. The largest absolute Gasteiger partial charge is 0.394 e. The molecule has 0 bridgehead atoms. The van der Waals surface area contributed by atoms with Crippen LogP contribution in [0.5, 0.6) is 0 Å². The Morgan fingerprint density at radius 3 is 2.80 bits per heavy atom. The zero-order chi connectivity index (χ0) is 13.9. The SMILES string of the molecule is Nc1cccn(Cc2ccn(C3CCCCC3)n2)c1=O. The lowest BCUT2D eigenvalue weighted by atomic mass is 9.96. The van der Waals surface area contributed by atoms with Crippen molar-refractivity contribution in [1.82, 2.24) is 14.3 Å². The third-order valence-corrected chi connectivity index (χ3v) is 3.99. The quantitative estimate of drug-likeness (QED) is 0.931. The van der Waals surface area contributed by atoms with Gasteiger partial charge in [0, 0.05) is 12.4 Å². The molecule has 1 saturated carbocycles. The average Bonchev–Trinajstić information content (AvgIpc) is 2.93. The Hall–Kier alpha value is -2.04. The number of anilines is 1. The summed E-state index contributed by atoms with van der Waals surface area (Å²) in [5, 5.41) is 4.62. The molecule has 0 spiro atoms. The van der Waals surface area contributed by atoms with Crippen molar-refractivity contribution in [3.8, 4) is 0 Å². The van der Waals surface area contributed by atoms with E-state index in [9.17, 15) is 4.79 Å². The third kappa shape index (κ3) is 2.61. The molecule has 1 aliphatic carbocycles. The minimum Gasteiger partial charge on any atom is -0.394 e. The zero-order valence-corrected chi connectivity index (χ0v) is 11.5. The van der Waals surface area contributed by atoms with Crippen molar-refractivity contribution >= 4 is 5.69 Å². The van der Waals surface area contributed by atoms with E-state index in [0.717, 1.165) is 5.69 Å². The minimum absolute atomic E-state index is 0.153. The number of nitrogen functional groups attached to an aromatic ring is 1. The summed E-state index contributed by atoms with van der Waals surface area (Å²) in [7, 11) is 0. The number of pyridine rings is 1. The number of nitrogens with zero attached hydrogens (tertiary/aromatic N) is 3. The van der Waals surface area contributed by atoms with E-state index in [4.69, 9.17) is 5.73 Å². The number of hydrogen-bond acceptors (Lipinski definition) is 3. The molecule has 2 N–H and O–H groups in total. The summed E-state index contributed by atoms with van der Waals surface area (Å²) >= 11 is 0. The summed E-state index contributed by atoms with van der Waals surface area (Å²) in [6.07, 6.45) is 10.1. The van der Waals surface area contributed by atoms with Crippen LogP contribution in [0.25, 0.3) is 0 Å². The molecule has 1 aliphatic rings. The molecule has 3 rings (SSSR count). The summed E-state index contributed by atoms with van der Waals surface area (Å²) in [4.78, 5) is 11.9. The normalized spacial score (nSPS) is 16.4. The molecule has 2 aromatic rings. The monoisotopic (exact) mass is 272 g/mol. The Kier molecular flexibility index (Phi) is 3.58. The molecule has 0 saturated heterocycles. The van der Waals surface area contributed by atoms with Crippen LogP contribution in [0.1, 0.15) is 43.8 Å². The maximum absolute atomic E-state index is 11.9. The molecule has 0 aliphatic heterocycles. The second kappa shape index (κ2) is 5.53. The smallest absolute Gasteiger partial charge is 0.274 e. The lowest BCUT2D eigenvalue weighted by Gasteiger charge is -2.21. The van der Waals surface area contributed by atoms with E-state index in [0.29, 0.717) is 12.6 Å². The van der Waals surface area contributed by atoms with E-state index in [-0.39, 0.29) is 11.2 Å². The second-order valence-corrected chi connectivity index (χ2v) is 5.48. The van der Waals surface area contributed by atoms with Crippen molar-refractivity contribution in [3.63, 3.8) is 0 Å². The molecule has 0 unspecified atom stereocenters. The van der Waals surface area contributed by atoms with E-state index in [2.05, 4.69) is 9.78 Å². The first-order valence-electron chi connectivity index (χ1n) is 7.23. The topological polar surface area (TPSA) is 65.8 Å². The van der Waals surface area contributed by atoms with Gasteiger partial charge < -0.3 is 10.3 Å². The number of rotatable bonds is 3. The van der Waals surface area contributed by atoms with Gasteiger partial charge in [-0.3, -0.25) is 9.48 Å². The molecule has 0 radical (unpaired) electrons. The molecule has 5 heteroatoms. The fourth-order valence-electron chi connectivity index (χ4n) is 2.87. The van der Waals surface area contributed by atoms with Crippen LogP contribution in [0.15, 0.2) is 35.4 Å². The van der Waals surface area contributed by atoms with Crippen molar-refractivity contribution in [3.05, 3.63) is 46.6 Å². The molecule has 0 atom stereocenters. The highest BCUT2D eigenvalue weighted by Gasteiger charge is 2.16. The van der Waals surface area contributed by atoms with Crippen LogP contribution in [0.3, 0.4) is 0 Å². The Balaban J connectivity index is 1.77.